The topological polar surface area (TPSA) is 26.3 Å². The third-order valence-corrected chi connectivity index (χ3v) is 4.58. The quantitative estimate of drug-likeness (QED) is 0.641. The number of rotatable bonds is 3. The molecular weight excluding hydrogens is 320 g/mol. The zero-order valence-corrected chi connectivity index (χ0v) is 14.5. The minimum absolute atomic E-state index is 0.0766. The Morgan fingerprint density at radius 3 is 1.73 bits per heavy atom. The largest absolute Gasteiger partial charge is 0.493 e. The van der Waals surface area contributed by atoms with Crippen LogP contribution in [0.3, 0.4) is 0 Å². The van der Waals surface area contributed by atoms with Crippen LogP contribution in [0.25, 0.3) is 11.1 Å². The molecule has 1 aliphatic rings. The molecule has 26 heavy (non-hydrogen) atoms. The Morgan fingerprint density at radius 1 is 0.692 bits per heavy atom. The molecule has 0 amide bonds. The lowest BCUT2D eigenvalue weighted by atomic mass is 9.83. The first-order chi connectivity index (χ1) is 12.8. The summed E-state index contributed by atoms with van der Waals surface area (Å²) in [5.74, 6) is 0.287. The number of methoxy groups -OCH3 is 1. The highest BCUT2D eigenvalue weighted by atomic mass is 16.5. The van der Waals surface area contributed by atoms with Gasteiger partial charge in [-0.05, 0) is 33.9 Å². The first kappa shape index (κ1) is 16.1. The molecule has 2 heteroatoms. The number of ether oxygens (including phenoxy) is 1. The lowest BCUT2D eigenvalue weighted by Gasteiger charge is -2.21. The van der Waals surface area contributed by atoms with Crippen LogP contribution in [0.5, 0.6) is 0 Å². The van der Waals surface area contributed by atoms with E-state index in [2.05, 4.69) is 24.3 Å². The lowest BCUT2D eigenvalue weighted by Crippen LogP contribution is -2.13. The molecule has 0 aliphatic heterocycles. The number of hydrogen-bond acceptors (Lipinski definition) is 2. The van der Waals surface area contributed by atoms with Crippen LogP contribution in [0.2, 0.25) is 0 Å². The normalized spacial score (nSPS) is 13.0. The zero-order valence-electron chi connectivity index (χ0n) is 14.5. The van der Waals surface area contributed by atoms with Gasteiger partial charge in [0.2, 0.25) is 5.78 Å². The Labute approximate surface area is 153 Å². The second-order valence-corrected chi connectivity index (χ2v) is 6.11. The fraction of sp³-hybridized carbons (Fsp3) is 0.0417. The van der Waals surface area contributed by atoms with Gasteiger partial charge in [0, 0.05) is 5.56 Å². The van der Waals surface area contributed by atoms with E-state index in [1.54, 1.807) is 7.11 Å². The molecule has 0 fully saturated rings. The van der Waals surface area contributed by atoms with Gasteiger partial charge in [0.15, 0.2) is 5.76 Å². The molecule has 0 radical (unpaired) electrons. The fourth-order valence-corrected chi connectivity index (χ4v) is 3.37. The van der Waals surface area contributed by atoms with E-state index in [1.165, 1.54) is 0 Å². The molecule has 0 saturated carbocycles. The van der Waals surface area contributed by atoms with E-state index in [4.69, 9.17) is 4.74 Å². The molecule has 0 aromatic heterocycles. The average molecular weight is 338 g/mol. The summed E-state index contributed by atoms with van der Waals surface area (Å²) in [5.41, 5.74) is 5.89. The molecular formula is C24H18O2. The molecule has 2 nitrogen and oxygen atoms in total. The van der Waals surface area contributed by atoms with Crippen LogP contribution in [0.15, 0.2) is 96.8 Å². The van der Waals surface area contributed by atoms with Crippen LogP contribution in [0, 0.1) is 0 Å². The first-order valence-electron chi connectivity index (χ1n) is 8.54. The van der Waals surface area contributed by atoms with E-state index < -0.39 is 0 Å². The monoisotopic (exact) mass is 338 g/mol. The SMILES string of the molecule is COC1=CC(=C(c2ccccc2)c2ccccc2)c2ccccc2C1=O. The maximum atomic E-state index is 12.7. The predicted octanol–water partition coefficient (Wildman–Crippen LogP) is 5.37. The van der Waals surface area contributed by atoms with Crippen molar-refractivity contribution in [3.05, 3.63) is 119 Å². The van der Waals surface area contributed by atoms with Gasteiger partial charge >= 0.3 is 0 Å². The highest BCUT2D eigenvalue weighted by Gasteiger charge is 2.26. The first-order valence-corrected chi connectivity index (χ1v) is 8.54. The van der Waals surface area contributed by atoms with Gasteiger partial charge in [-0.25, -0.2) is 0 Å². The van der Waals surface area contributed by atoms with E-state index in [9.17, 15) is 4.79 Å². The predicted molar refractivity (Wildman–Crippen MR) is 105 cm³/mol. The van der Waals surface area contributed by atoms with Crippen molar-refractivity contribution in [3.8, 4) is 0 Å². The van der Waals surface area contributed by atoms with E-state index in [-0.39, 0.29) is 5.78 Å². The van der Waals surface area contributed by atoms with Gasteiger partial charge in [0.25, 0.3) is 0 Å². The molecule has 0 atom stereocenters. The van der Waals surface area contributed by atoms with Crippen molar-refractivity contribution in [3.63, 3.8) is 0 Å². The maximum Gasteiger partial charge on any atom is 0.228 e. The van der Waals surface area contributed by atoms with Gasteiger partial charge in [-0.2, -0.15) is 0 Å². The van der Waals surface area contributed by atoms with E-state index >= 15 is 0 Å². The number of benzene rings is 3. The summed E-state index contributed by atoms with van der Waals surface area (Å²) >= 11 is 0. The van der Waals surface area contributed by atoms with Gasteiger partial charge in [-0.15, -0.1) is 0 Å². The van der Waals surface area contributed by atoms with Crippen molar-refractivity contribution in [2.75, 3.05) is 7.11 Å². The van der Waals surface area contributed by atoms with E-state index in [1.807, 2.05) is 66.7 Å². The van der Waals surface area contributed by atoms with Crippen LogP contribution < -0.4 is 0 Å². The number of carbonyl (C=O) groups is 1. The molecule has 0 saturated heterocycles. The minimum atomic E-state index is -0.0766. The summed E-state index contributed by atoms with van der Waals surface area (Å²) in [5, 5.41) is 0. The number of allylic oxidation sites excluding steroid dienone is 3. The summed E-state index contributed by atoms with van der Waals surface area (Å²) in [4.78, 5) is 12.7. The molecule has 0 bridgehead atoms. The summed E-state index contributed by atoms with van der Waals surface area (Å²) in [6, 6.07) is 28.2. The second-order valence-electron chi connectivity index (χ2n) is 6.11. The Kier molecular flexibility index (Phi) is 4.24. The van der Waals surface area contributed by atoms with Crippen LogP contribution in [-0.4, -0.2) is 12.9 Å². The van der Waals surface area contributed by atoms with E-state index in [0.29, 0.717) is 11.3 Å². The zero-order chi connectivity index (χ0) is 17.9. The number of fused-ring (bicyclic) bond motifs is 1. The van der Waals surface area contributed by atoms with Crippen LogP contribution in [0.4, 0.5) is 0 Å². The molecule has 0 unspecified atom stereocenters. The van der Waals surface area contributed by atoms with E-state index in [0.717, 1.165) is 27.8 Å². The summed E-state index contributed by atoms with van der Waals surface area (Å²) in [6.45, 7) is 0. The number of carbonyl (C=O) groups excluding carboxylic acids is 1. The van der Waals surface area contributed by atoms with Crippen molar-refractivity contribution in [2.24, 2.45) is 0 Å². The fourth-order valence-electron chi connectivity index (χ4n) is 3.37. The minimum Gasteiger partial charge on any atom is -0.493 e. The van der Waals surface area contributed by atoms with Crippen molar-refractivity contribution in [1.29, 1.82) is 0 Å². The number of Topliss-reactive ketones (excluding diaryl/α,β-unsaturated/α-hetero) is 1. The van der Waals surface area contributed by atoms with Crippen LogP contribution >= 0.6 is 0 Å². The Hall–Kier alpha value is -3.39. The second kappa shape index (κ2) is 6.85. The third kappa shape index (κ3) is 2.76. The van der Waals surface area contributed by atoms with Crippen molar-refractivity contribution < 1.29 is 9.53 Å². The molecule has 1 aliphatic carbocycles. The van der Waals surface area contributed by atoms with Gasteiger partial charge < -0.3 is 4.74 Å². The van der Waals surface area contributed by atoms with Crippen molar-refractivity contribution >= 4 is 16.9 Å². The van der Waals surface area contributed by atoms with Crippen molar-refractivity contribution in [1.82, 2.24) is 0 Å². The maximum absolute atomic E-state index is 12.7. The Bertz CT molecular complexity index is 971. The smallest absolute Gasteiger partial charge is 0.228 e. The standard InChI is InChI=1S/C24H18O2/c1-26-22-16-21(19-14-8-9-15-20(19)24(22)25)23(17-10-4-2-5-11-17)18-12-6-3-7-13-18/h2-16H,1H3. The summed E-state index contributed by atoms with van der Waals surface area (Å²) in [7, 11) is 1.54. The molecule has 0 spiro atoms. The Morgan fingerprint density at radius 2 is 1.19 bits per heavy atom. The number of ketones is 1. The molecule has 126 valence electrons. The van der Waals surface area contributed by atoms with Crippen LogP contribution in [-0.2, 0) is 4.74 Å². The molecule has 0 N–H and O–H groups in total. The molecule has 4 rings (SSSR count). The van der Waals surface area contributed by atoms with Gasteiger partial charge in [-0.3, -0.25) is 4.79 Å². The third-order valence-electron chi connectivity index (χ3n) is 4.58. The highest BCUT2D eigenvalue weighted by Crippen LogP contribution is 2.38. The van der Waals surface area contributed by atoms with Gasteiger partial charge in [0.05, 0.1) is 7.11 Å². The number of hydrogen-bond donors (Lipinski definition) is 0. The molecule has 3 aromatic carbocycles. The average Bonchev–Trinajstić information content (AvgIpc) is 2.72. The molecule has 3 aromatic rings. The lowest BCUT2D eigenvalue weighted by molar-refractivity contribution is 0.0952. The van der Waals surface area contributed by atoms with Crippen LogP contribution in [0.1, 0.15) is 27.0 Å². The summed E-state index contributed by atoms with van der Waals surface area (Å²) < 4.78 is 5.39. The highest BCUT2D eigenvalue weighted by molar-refractivity contribution is 6.18. The van der Waals surface area contributed by atoms with Gasteiger partial charge in [0.1, 0.15) is 0 Å². The van der Waals surface area contributed by atoms with Crippen molar-refractivity contribution in [2.45, 2.75) is 0 Å². The molecule has 0 heterocycles. The Balaban J connectivity index is 2.09. The summed E-state index contributed by atoms with van der Waals surface area (Å²) in [6.07, 6.45) is 1.86. The van der Waals surface area contributed by atoms with Gasteiger partial charge in [-0.1, -0.05) is 84.9 Å².